The van der Waals surface area contributed by atoms with E-state index >= 15 is 0 Å². The van der Waals surface area contributed by atoms with Crippen molar-refractivity contribution in [2.45, 2.75) is 66.6 Å². The summed E-state index contributed by atoms with van der Waals surface area (Å²) in [4.78, 5) is 78.7. The number of carboxylic acids is 1. The molecule has 0 fully saturated rings. The number of benzene rings is 1. The van der Waals surface area contributed by atoms with Gasteiger partial charge in [0.1, 0.15) is 0 Å². The Balaban J connectivity index is 1.65. The predicted molar refractivity (Wildman–Crippen MR) is 170 cm³/mol. The lowest BCUT2D eigenvalue weighted by Gasteiger charge is -2.18. The van der Waals surface area contributed by atoms with E-state index < -0.39 is 36.0 Å². The van der Waals surface area contributed by atoms with E-state index in [0.29, 0.717) is 51.6 Å². The first-order chi connectivity index (χ1) is 21.7. The predicted octanol–water partition coefficient (Wildman–Crippen LogP) is 2.86. The molecule has 0 spiro atoms. The molecule has 3 amide bonds. The Labute approximate surface area is 266 Å². The standard InChI is InChI=1S/C32H41N5O9/c1-7-37(8-2)14-13-33-30(41)28-17(3)25(34-18(28)4)16-23-22-15-21(9-10-24(22)36-29(23)40)35-26(38)11-12-27(39)45-20(6)32(44)46-19(5)31(42)43/h9-10,15-16,19-20,34H,7-8,11-14H2,1-6H3,(H,33,41)(H,35,38)(H,36,40)(H,42,43)/b23-16-. The molecule has 3 rings (SSSR count). The van der Waals surface area contributed by atoms with Gasteiger partial charge in [-0.2, -0.15) is 0 Å². The molecule has 0 radical (unpaired) electrons. The second-order valence-electron chi connectivity index (χ2n) is 10.8. The highest BCUT2D eigenvalue weighted by Gasteiger charge is 2.27. The number of likely N-dealkylation sites (N-methyl/N-ethyl adjacent to an activating group) is 1. The lowest BCUT2D eigenvalue weighted by atomic mass is 10.0. The van der Waals surface area contributed by atoms with Crippen molar-refractivity contribution in [3.63, 3.8) is 0 Å². The molecule has 46 heavy (non-hydrogen) atoms. The number of esters is 2. The fraction of sp³-hybridized carbons (Fsp3) is 0.438. The molecule has 14 nitrogen and oxygen atoms in total. The van der Waals surface area contributed by atoms with Crippen molar-refractivity contribution in [1.29, 1.82) is 0 Å². The van der Waals surface area contributed by atoms with Crippen LogP contribution in [-0.4, -0.2) is 89.0 Å². The molecule has 2 atom stereocenters. The molecule has 1 aromatic carbocycles. The van der Waals surface area contributed by atoms with Gasteiger partial charge in [-0.25, -0.2) is 9.59 Å². The summed E-state index contributed by atoms with van der Waals surface area (Å²) < 4.78 is 9.61. The number of fused-ring (bicyclic) bond motifs is 1. The third kappa shape index (κ3) is 9.03. The second kappa shape index (κ2) is 15.8. The Morgan fingerprint density at radius 2 is 1.72 bits per heavy atom. The van der Waals surface area contributed by atoms with E-state index in [4.69, 9.17) is 9.84 Å². The van der Waals surface area contributed by atoms with Gasteiger partial charge in [0.2, 0.25) is 5.91 Å². The number of carbonyl (C=O) groups is 6. The van der Waals surface area contributed by atoms with Crippen LogP contribution in [0.2, 0.25) is 0 Å². The maximum Gasteiger partial charge on any atom is 0.347 e. The fourth-order valence-electron chi connectivity index (χ4n) is 4.83. The first-order valence-corrected chi connectivity index (χ1v) is 15.0. The minimum Gasteiger partial charge on any atom is -0.479 e. The molecule has 0 aliphatic carbocycles. The number of anilines is 2. The first-order valence-electron chi connectivity index (χ1n) is 15.0. The van der Waals surface area contributed by atoms with Crippen molar-refractivity contribution >= 4 is 58.7 Å². The van der Waals surface area contributed by atoms with Crippen molar-refractivity contribution in [2.24, 2.45) is 0 Å². The molecule has 1 aromatic heterocycles. The summed E-state index contributed by atoms with van der Waals surface area (Å²) in [5, 5.41) is 17.3. The van der Waals surface area contributed by atoms with E-state index in [9.17, 15) is 28.8 Å². The van der Waals surface area contributed by atoms with Gasteiger partial charge >= 0.3 is 17.9 Å². The Kier molecular flexibility index (Phi) is 12.2. The molecule has 2 aromatic rings. The number of aryl methyl sites for hydroxylation is 1. The van der Waals surface area contributed by atoms with Gasteiger partial charge in [-0.1, -0.05) is 13.8 Å². The van der Waals surface area contributed by atoms with Crippen molar-refractivity contribution in [3.05, 3.63) is 46.3 Å². The number of H-pyrrole nitrogens is 1. The van der Waals surface area contributed by atoms with Gasteiger partial charge in [-0.3, -0.25) is 19.2 Å². The van der Waals surface area contributed by atoms with Crippen molar-refractivity contribution in [3.8, 4) is 0 Å². The van der Waals surface area contributed by atoms with Crippen LogP contribution in [0.5, 0.6) is 0 Å². The van der Waals surface area contributed by atoms with Crippen LogP contribution in [0.15, 0.2) is 18.2 Å². The Bertz CT molecular complexity index is 1540. The highest BCUT2D eigenvalue weighted by atomic mass is 16.6. The van der Waals surface area contributed by atoms with Crippen LogP contribution in [0, 0.1) is 13.8 Å². The molecule has 2 heterocycles. The molecule has 5 N–H and O–H groups in total. The van der Waals surface area contributed by atoms with Crippen molar-refractivity contribution in [1.82, 2.24) is 15.2 Å². The molecule has 1 aliphatic rings. The average molecular weight is 640 g/mol. The van der Waals surface area contributed by atoms with E-state index in [1.165, 1.54) is 6.92 Å². The van der Waals surface area contributed by atoms with Gasteiger partial charge in [-0.05, 0) is 70.6 Å². The second-order valence-corrected chi connectivity index (χ2v) is 10.8. The molecular formula is C32H41N5O9. The number of rotatable bonds is 15. The molecule has 248 valence electrons. The van der Waals surface area contributed by atoms with Crippen molar-refractivity contribution in [2.75, 3.05) is 36.8 Å². The van der Waals surface area contributed by atoms with Crippen LogP contribution in [-0.2, 0) is 33.4 Å². The number of aliphatic carboxylic acids is 1. The molecular weight excluding hydrogens is 598 g/mol. The number of aromatic amines is 1. The third-order valence-electron chi connectivity index (χ3n) is 7.52. The zero-order valence-corrected chi connectivity index (χ0v) is 26.9. The lowest BCUT2D eigenvalue weighted by Crippen LogP contribution is -2.35. The number of nitrogens with zero attached hydrogens (tertiary/aromatic N) is 1. The number of carboxylic acid groups (broad SMARTS) is 1. The maximum absolute atomic E-state index is 13.0. The Morgan fingerprint density at radius 1 is 1.02 bits per heavy atom. The van der Waals surface area contributed by atoms with Gasteiger partial charge in [-0.15, -0.1) is 0 Å². The van der Waals surface area contributed by atoms with Crippen LogP contribution >= 0.6 is 0 Å². The summed E-state index contributed by atoms with van der Waals surface area (Å²) in [6.07, 6.45) is -1.69. The molecule has 0 saturated heterocycles. The van der Waals surface area contributed by atoms with E-state index in [1.54, 1.807) is 31.2 Å². The summed E-state index contributed by atoms with van der Waals surface area (Å²) in [6, 6.07) is 4.87. The van der Waals surface area contributed by atoms with Gasteiger partial charge < -0.3 is 40.4 Å². The number of nitrogens with one attached hydrogen (secondary N) is 4. The van der Waals surface area contributed by atoms with Gasteiger partial charge in [0.25, 0.3) is 11.8 Å². The molecule has 1 aliphatic heterocycles. The van der Waals surface area contributed by atoms with E-state index in [0.717, 1.165) is 26.6 Å². The molecule has 0 bridgehead atoms. The van der Waals surface area contributed by atoms with E-state index in [-0.39, 0.29) is 24.7 Å². The van der Waals surface area contributed by atoms with Gasteiger partial charge in [0.15, 0.2) is 12.2 Å². The summed E-state index contributed by atoms with van der Waals surface area (Å²) in [7, 11) is 0. The van der Waals surface area contributed by atoms with Gasteiger partial charge in [0.05, 0.1) is 17.6 Å². The fourth-order valence-corrected chi connectivity index (χ4v) is 4.83. The monoisotopic (exact) mass is 639 g/mol. The van der Waals surface area contributed by atoms with E-state index in [1.807, 2.05) is 6.92 Å². The highest BCUT2D eigenvalue weighted by molar-refractivity contribution is 6.35. The zero-order valence-electron chi connectivity index (χ0n) is 26.9. The van der Waals surface area contributed by atoms with Crippen molar-refractivity contribution < 1.29 is 43.3 Å². The van der Waals surface area contributed by atoms with E-state index in [2.05, 4.69) is 44.4 Å². The molecule has 2 unspecified atom stereocenters. The number of amides is 3. The van der Waals surface area contributed by atoms with Crippen LogP contribution in [0.25, 0.3) is 11.6 Å². The quantitative estimate of drug-likeness (QED) is 0.143. The number of ether oxygens (including phenoxy) is 2. The average Bonchev–Trinajstić information content (AvgIpc) is 3.47. The normalized spacial score (nSPS) is 14.3. The lowest BCUT2D eigenvalue weighted by molar-refractivity contribution is -0.175. The maximum atomic E-state index is 13.0. The number of hydrogen-bond acceptors (Lipinski definition) is 9. The largest absolute Gasteiger partial charge is 0.479 e. The summed E-state index contributed by atoms with van der Waals surface area (Å²) >= 11 is 0. The highest BCUT2D eigenvalue weighted by Crippen LogP contribution is 2.36. The van der Waals surface area contributed by atoms with Gasteiger partial charge in [0, 0.05) is 47.8 Å². The smallest absolute Gasteiger partial charge is 0.347 e. The topological polar surface area (TPSA) is 196 Å². The number of carbonyl (C=O) groups excluding carboxylic acids is 5. The third-order valence-corrected chi connectivity index (χ3v) is 7.52. The minimum atomic E-state index is -1.40. The number of hydrogen-bond donors (Lipinski definition) is 5. The van der Waals surface area contributed by atoms with Crippen LogP contribution < -0.4 is 16.0 Å². The first kappa shape index (κ1) is 35.5. The summed E-state index contributed by atoms with van der Waals surface area (Å²) in [6.45, 7) is 13.2. The number of aromatic nitrogens is 1. The Hall–Kier alpha value is -4.98. The zero-order chi connectivity index (χ0) is 34.1. The van der Waals surface area contributed by atoms with Crippen LogP contribution in [0.1, 0.15) is 73.4 Å². The van der Waals surface area contributed by atoms with Crippen LogP contribution in [0.3, 0.4) is 0 Å². The molecule has 0 saturated carbocycles. The SMILES string of the molecule is CCN(CC)CCNC(=O)c1c(C)[nH]c(/C=C2\C(=O)Nc3ccc(NC(=O)CCC(=O)OC(C)C(=O)OC(C)C(=O)O)cc32)c1C. The summed E-state index contributed by atoms with van der Waals surface area (Å²) in [5.74, 6) is -4.26. The molecule has 14 heteroatoms. The minimum absolute atomic E-state index is 0.199. The summed E-state index contributed by atoms with van der Waals surface area (Å²) in [5.41, 5.74) is 4.30. The Morgan fingerprint density at radius 3 is 2.37 bits per heavy atom. The van der Waals surface area contributed by atoms with Crippen LogP contribution in [0.4, 0.5) is 11.4 Å².